The first-order valence-electron chi connectivity index (χ1n) is 11.7. The minimum absolute atomic E-state index is 0.0496. The minimum Gasteiger partial charge on any atom is -0.485 e. The number of amides is 2. The van der Waals surface area contributed by atoms with E-state index in [1.165, 1.54) is 21.3 Å². The number of para-hydroxylation sites is 2. The Hall–Kier alpha value is -3.32. The molecule has 2 aromatic rings. The third-order valence-corrected chi connectivity index (χ3v) is 8.59. The van der Waals surface area contributed by atoms with Crippen molar-refractivity contribution in [1.29, 1.82) is 0 Å². The summed E-state index contributed by atoms with van der Waals surface area (Å²) in [5.74, 6) is -1.22. The summed E-state index contributed by atoms with van der Waals surface area (Å²) >= 11 is 0. The summed E-state index contributed by atoms with van der Waals surface area (Å²) in [5.41, 5.74) is 1.07. The average molecular weight is 540 g/mol. The molecule has 0 aromatic heterocycles. The molecule has 5 rings (SSSR count). The van der Waals surface area contributed by atoms with Crippen LogP contribution in [0.2, 0.25) is 0 Å². The number of alkyl halides is 3. The van der Waals surface area contributed by atoms with E-state index in [0.29, 0.717) is 27.5 Å². The van der Waals surface area contributed by atoms with Crippen LogP contribution in [0.15, 0.2) is 47.4 Å². The highest BCUT2D eigenvalue weighted by Gasteiger charge is 2.43. The molecule has 13 heteroatoms. The van der Waals surface area contributed by atoms with Gasteiger partial charge in [-0.05, 0) is 41.8 Å². The van der Waals surface area contributed by atoms with E-state index in [1.54, 1.807) is 30.3 Å². The van der Waals surface area contributed by atoms with Crippen LogP contribution in [-0.4, -0.2) is 85.9 Å². The standard InChI is InChI=1S/C24H24F3N3O6S/c25-24(26,27)23(32)29-8-7-16-5-6-18(13-17(16)14-29)37(33,34)30-11-9-28(10-12-30)22(31)21-15-35-19-3-1-2-4-20(19)36-21/h1-6,13,21H,7-12,14-15H2. The lowest BCUT2D eigenvalue weighted by atomic mass is 10.00. The lowest BCUT2D eigenvalue weighted by Gasteiger charge is -2.36. The number of hydrogen-bond donors (Lipinski definition) is 0. The van der Waals surface area contributed by atoms with Crippen LogP contribution in [0.3, 0.4) is 0 Å². The summed E-state index contributed by atoms with van der Waals surface area (Å²) < 4.78 is 77.7. The fourth-order valence-corrected chi connectivity index (χ4v) is 6.16. The van der Waals surface area contributed by atoms with E-state index in [9.17, 15) is 31.2 Å². The number of benzene rings is 2. The van der Waals surface area contributed by atoms with Crippen molar-refractivity contribution in [3.05, 3.63) is 53.6 Å². The molecule has 3 aliphatic rings. The van der Waals surface area contributed by atoms with Crippen molar-refractivity contribution in [3.8, 4) is 11.5 Å². The number of nitrogens with zero attached hydrogens (tertiary/aromatic N) is 3. The van der Waals surface area contributed by atoms with Crippen LogP contribution in [0, 0.1) is 0 Å². The van der Waals surface area contributed by atoms with Crippen LogP contribution in [0.5, 0.6) is 11.5 Å². The zero-order chi connectivity index (χ0) is 26.4. The van der Waals surface area contributed by atoms with Gasteiger partial charge < -0.3 is 19.3 Å². The van der Waals surface area contributed by atoms with Crippen LogP contribution >= 0.6 is 0 Å². The fourth-order valence-electron chi connectivity index (χ4n) is 4.69. The van der Waals surface area contributed by atoms with Gasteiger partial charge in [-0.1, -0.05) is 18.2 Å². The van der Waals surface area contributed by atoms with Gasteiger partial charge in [0, 0.05) is 39.3 Å². The lowest BCUT2D eigenvalue weighted by Crippen LogP contribution is -2.55. The van der Waals surface area contributed by atoms with Gasteiger partial charge in [-0.2, -0.15) is 17.5 Å². The summed E-state index contributed by atoms with van der Waals surface area (Å²) in [6.07, 6.45) is -5.62. The van der Waals surface area contributed by atoms with Gasteiger partial charge in [-0.3, -0.25) is 9.59 Å². The molecule has 9 nitrogen and oxygen atoms in total. The Morgan fingerprint density at radius 1 is 0.892 bits per heavy atom. The highest BCUT2D eigenvalue weighted by molar-refractivity contribution is 7.89. The molecular weight excluding hydrogens is 515 g/mol. The number of piperazine rings is 1. The highest BCUT2D eigenvalue weighted by atomic mass is 32.2. The van der Waals surface area contributed by atoms with Crippen molar-refractivity contribution in [2.45, 2.75) is 30.1 Å². The summed E-state index contributed by atoms with van der Waals surface area (Å²) in [4.78, 5) is 26.7. The highest BCUT2D eigenvalue weighted by Crippen LogP contribution is 2.32. The molecule has 0 N–H and O–H groups in total. The van der Waals surface area contributed by atoms with Crippen molar-refractivity contribution < 1.29 is 40.7 Å². The molecule has 1 unspecified atom stereocenters. The second-order valence-corrected chi connectivity index (χ2v) is 10.9. The van der Waals surface area contributed by atoms with Gasteiger partial charge >= 0.3 is 12.1 Å². The van der Waals surface area contributed by atoms with Gasteiger partial charge in [0.15, 0.2) is 11.5 Å². The molecule has 0 spiro atoms. The average Bonchev–Trinajstić information content (AvgIpc) is 2.90. The maximum atomic E-state index is 13.3. The van der Waals surface area contributed by atoms with Gasteiger partial charge in [-0.25, -0.2) is 8.42 Å². The molecule has 1 saturated heterocycles. The van der Waals surface area contributed by atoms with E-state index < -0.39 is 28.2 Å². The molecule has 2 amide bonds. The number of sulfonamides is 1. The maximum Gasteiger partial charge on any atom is 0.471 e. The first kappa shape index (κ1) is 25.3. The third kappa shape index (κ3) is 4.97. The molecule has 3 aliphatic heterocycles. The van der Waals surface area contributed by atoms with Crippen LogP contribution in [0.25, 0.3) is 0 Å². The second kappa shape index (κ2) is 9.53. The van der Waals surface area contributed by atoms with Gasteiger partial charge in [-0.15, -0.1) is 0 Å². The Labute approximate surface area is 211 Å². The van der Waals surface area contributed by atoms with Gasteiger partial charge in [0.25, 0.3) is 5.91 Å². The molecule has 198 valence electrons. The Balaban J connectivity index is 1.23. The first-order chi connectivity index (χ1) is 17.5. The normalized spacial score (nSPS) is 20.4. The predicted octanol–water partition coefficient (Wildman–Crippen LogP) is 1.81. The lowest BCUT2D eigenvalue weighted by molar-refractivity contribution is -0.186. The van der Waals surface area contributed by atoms with Gasteiger partial charge in [0.1, 0.15) is 6.61 Å². The quantitative estimate of drug-likeness (QED) is 0.591. The van der Waals surface area contributed by atoms with Crippen LogP contribution in [-0.2, 0) is 32.6 Å². The zero-order valence-corrected chi connectivity index (χ0v) is 20.4. The molecule has 1 atom stereocenters. The minimum atomic E-state index is -4.99. The maximum absolute atomic E-state index is 13.3. The Morgan fingerprint density at radius 2 is 1.59 bits per heavy atom. The second-order valence-electron chi connectivity index (χ2n) is 9.00. The largest absolute Gasteiger partial charge is 0.485 e. The first-order valence-corrected chi connectivity index (χ1v) is 13.1. The van der Waals surface area contributed by atoms with Crippen molar-refractivity contribution in [1.82, 2.24) is 14.1 Å². The number of ether oxygens (including phenoxy) is 2. The smallest absolute Gasteiger partial charge is 0.471 e. The van der Waals surface area contributed by atoms with E-state index in [1.807, 2.05) is 0 Å². The Kier molecular flexibility index (Phi) is 6.52. The van der Waals surface area contributed by atoms with E-state index in [-0.39, 0.29) is 63.1 Å². The van der Waals surface area contributed by atoms with Crippen LogP contribution in [0.4, 0.5) is 13.2 Å². The molecule has 0 aliphatic carbocycles. The number of rotatable bonds is 3. The summed E-state index contributed by atoms with van der Waals surface area (Å²) in [6.45, 7) is 0.0524. The van der Waals surface area contributed by atoms with E-state index in [2.05, 4.69) is 0 Å². The molecule has 0 bridgehead atoms. The Morgan fingerprint density at radius 3 is 2.30 bits per heavy atom. The summed E-state index contributed by atoms with van der Waals surface area (Å²) in [5, 5.41) is 0. The van der Waals surface area contributed by atoms with Crippen molar-refractivity contribution in [2.24, 2.45) is 0 Å². The molecular formula is C24H24F3N3O6S. The van der Waals surface area contributed by atoms with Gasteiger partial charge in [0.2, 0.25) is 16.1 Å². The molecule has 0 radical (unpaired) electrons. The fraction of sp³-hybridized carbons (Fsp3) is 0.417. The molecule has 3 heterocycles. The van der Waals surface area contributed by atoms with E-state index >= 15 is 0 Å². The monoisotopic (exact) mass is 539 g/mol. The zero-order valence-electron chi connectivity index (χ0n) is 19.6. The molecule has 0 saturated carbocycles. The van der Waals surface area contributed by atoms with Gasteiger partial charge in [0.05, 0.1) is 4.90 Å². The van der Waals surface area contributed by atoms with Crippen molar-refractivity contribution in [2.75, 3.05) is 39.3 Å². The third-order valence-electron chi connectivity index (χ3n) is 6.69. The number of fused-ring (bicyclic) bond motifs is 2. The van der Waals surface area contributed by atoms with E-state index in [0.717, 1.165) is 0 Å². The number of carbonyl (C=O) groups excluding carboxylic acids is 2. The molecule has 37 heavy (non-hydrogen) atoms. The number of carbonyl (C=O) groups is 2. The Bertz CT molecular complexity index is 1330. The number of halogens is 3. The molecule has 2 aromatic carbocycles. The van der Waals surface area contributed by atoms with Crippen molar-refractivity contribution in [3.63, 3.8) is 0 Å². The number of hydrogen-bond acceptors (Lipinski definition) is 6. The van der Waals surface area contributed by atoms with Crippen LogP contribution < -0.4 is 9.47 Å². The topological polar surface area (TPSA) is 96.5 Å². The van der Waals surface area contributed by atoms with Crippen molar-refractivity contribution >= 4 is 21.8 Å². The summed E-state index contributed by atoms with van der Waals surface area (Å²) in [7, 11) is -3.96. The SMILES string of the molecule is O=C(C1COc2ccccc2O1)N1CCN(S(=O)(=O)c2ccc3c(c2)CN(C(=O)C(F)(F)F)CC3)CC1. The summed E-state index contributed by atoms with van der Waals surface area (Å²) in [6, 6.07) is 11.4. The predicted molar refractivity (Wildman–Crippen MR) is 123 cm³/mol. The molecule has 1 fully saturated rings. The van der Waals surface area contributed by atoms with Crippen LogP contribution in [0.1, 0.15) is 11.1 Å². The van der Waals surface area contributed by atoms with E-state index in [4.69, 9.17) is 9.47 Å².